The van der Waals surface area contributed by atoms with Gasteiger partial charge < -0.3 is 15.4 Å². The zero-order valence-corrected chi connectivity index (χ0v) is 21.3. The lowest BCUT2D eigenvalue weighted by atomic mass is 10.1. The summed E-state index contributed by atoms with van der Waals surface area (Å²) >= 11 is 7.19. The van der Waals surface area contributed by atoms with E-state index in [-0.39, 0.29) is 5.97 Å². The summed E-state index contributed by atoms with van der Waals surface area (Å²) in [7, 11) is 0. The molecule has 4 nitrogen and oxygen atoms in total. The van der Waals surface area contributed by atoms with Crippen molar-refractivity contribution in [3.05, 3.63) is 16.0 Å². The van der Waals surface area contributed by atoms with Crippen LogP contribution in [0.25, 0.3) is 0 Å². The van der Waals surface area contributed by atoms with Crippen LogP contribution in [0.3, 0.4) is 0 Å². The second kappa shape index (κ2) is 15.6. The van der Waals surface area contributed by atoms with Crippen molar-refractivity contribution >= 4 is 39.6 Å². The number of unbranched alkanes of at least 4 members (excludes halogenated alkanes) is 9. The second-order valence-electron chi connectivity index (χ2n) is 8.55. The van der Waals surface area contributed by atoms with E-state index in [2.05, 4.69) is 17.6 Å². The molecule has 1 aromatic rings. The first kappa shape index (κ1) is 26.1. The highest BCUT2D eigenvalue weighted by Crippen LogP contribution is 2.38. The van der Waals surface area contributed by atoms with Crippen LogP contribution in [0.4, 0.5) is 5.00 Å². The number of ether oxygens (including phenoxy) is 1. The maximum Gasteiger partial charge on any atom is 0.341 e. The molecule has 0 atom stereocenters. The van der Waals surface area contributed by atoms with Crippen LogP contribution < -0.4 is 10.6 Å². The maximum atomic E-state index is 12.6. The molecule has 0 bridgehead atoms. The monoisotopic (exact) mass is 466 g/mol. The summed E-state index contributed by atoms with van der Waals surface area (Å²) in [6, 6.07) is 0. The molecular weight excluding hydrogens is 424 g/mol. The maximum absolute atomic E-state index is 12.6. The van der Waals surface area contributed by atoms with Crippen LogP contribution >= 0.6 is 23.6 Å². The number of esters is 1. The first-order valence-electron chi connectivity index (χ1n) is 12.5. The van der Waals surface area contributed by atoms with Gasteiger partial charge in [0.2, 0.25) is 0 Å². The summed E-state index contributed by atoms with van der Waals surface area (Å²) in [6.07, 6.45) is 18.8. The van der Waals surface area contributed by atoms with Crippen molar-refractivity contribution in [2.45, 2.75) is 110 Å². The van der Waals surface area contributed by atoms with E-state index in [1.807, 2.05) is 6.92 Å². The largest absolute Gasteiger partial charge is 0.462 e. The van der Waals surface area contributed by atoms with Gasteiger partial charge in [-0.1, -0.05) is 71.1 Å². The summed E-state index contributed by atoms with van der Waals surface area (Å²) in [4.78, 5) is 14.0. The van der Waals surface area contributed by atoms with E-state index < -0.39 is 0 Å². The lowest BCUT2D eigenvalue weighted by Gasteiger charge is -2.11. The topological polar surface area (TPSA) is 50.4 Å². The van der Waals surface area contributed by atoms with Gasteiger partial charge in [-0.3, -0.25) is 0 Å². The minimum absolute atomic E-state index is 0.220. The van der Waals surface area contributed by atoms with Crippen LogP contribution in [0.2, 0.25) is 0 Å². The molecule has 0 amide bonds. The summed E-state index contributed by atoms with van der Waals surface area (Å²) in [5.41, 5.74) is 1.90. The molecule has 2 rings (SSSR count). The van der Waals surface area contributed by atoms with Crippen LogP contribution in [0, 0.1) is 0 Å². The average Bonchev–Trinajstić information content (AvgIpc) is 2.92. The lowest BCUT2D eigenvalue weighted by Crippen LogP contribution is -2.29. The van der Waals surface area contributed by atoms with Crippen molar-refractivity contribution < 1.29 is 9.53 Å². The van der Waals surface area contributed by atoms with E-state index in [0.717, 1.165) is 37.2 Å². The number of aryl methyl sites for hydroxylation is 1. The first-order valence-corrected chi connectivity index (χ1v) is 13.8. The third kappa shape index (κ3) is 9.48. The van der Waals surface area contributed by atoms with Gasteiger partial charge in [0.05, 0.1) is 12.2 Å². The van der Waals surface area contributed by atoms with Crippen molar-refractivity contribution in [2.24, 2.45) is 0 Å². The molecule has 0 aliphatic heterocycles. The van der Waals surface area contributed by atoms with Gasteiger partial charge in [0.1, 0.15) is 5.00 Å². The number of anilines is 1. The molecule has 0 saturated carbocycles. The summed E-state index contributed by atoms with van der Waals surface area (Å²) in [5, 5.41) is 8.08. The van der Waals surface area contributed by atoms with Crippen LogP contribution in [0.1, 0.15) is 118 Å². The van der Waals surface area contributed by atoms with Gasteiger partial charge in [-0.05, 0) is 56.8 Å². The minimum Gasteiger partial charge on any atom is -0.462 e. The molecule has 0 spiro atoms. The quantitative estimate of drug-likeness (QED) is 0.129. The summed E-state index contributed by atoms with van der Waals surface area (Å²) < 4.78 is 5.35. The first-order chi connectivity index (χ1) is 15.2. The van der Waals surface area contributed by atoms with Gasteiger partial charge in [-0.15, -0.1) is 11.3 Å². The fourth-order valence-corrected chi connectivity index (χ4v) is 5.76. The van der Waals surface area contributed by atoms with Crippen molar-refractivity contribution in [3.63, 3.8) is 0 Å². The molecule has 6 heteroatoms. The molecule has 31 heavy (non-hydrogen) atoms. The Morgan fingerprint density at radius 2 is 1.58 bits per heavy atom. The fraction of sp³-hybridized carbons (Fsp3) is 0.760. The smallest absolute Gasteiger partial charge is 0.341 e. The van der Waals surface area contributed by atoms with E-state index >= 15 is 0 Å². The van der Waals surface area contributed by atoms with Gasteiger partial charge in [0.15, 0.2) is 5.11 Å². The van der Waals surface area contributed by atoms with Gasteiger partial charge in [0.25, 0.3) is 0 Å². The third-order valence-electron chi connectivity index (χ3n) is 5.94. The fourth-order valence-electron chi connectivity index (χ4n) is 4.21. The zero-order valence-electron chi connectivity index (χ0n) is 19.7. The van der Waals surface area contributed by atoms with Gasteiger partial charge in [-0.2, -0.15) is 0 Å². The van der Waals surface area contributed by atoms with Crippen molar-refractivity contribution in [1.29, 1.82) is 0 Å². The van der Waals surface area contributed by atoms with E-state index in [1.165, 1.54) is 81.1 Å². The standard InChI is InChI=1S/C25H42N2O2S2/c1-3-5-6-7-8-9-10-11-12-16-19-26-25(30)27-23-22(24(28)29-4-2)20-17-14-13-15-18-21(20)31-23/h3-19H2,1-2H3,(H2,26,27,30). The lowest BCUT2D eigenvalue weighted by molar-refractivity contribution is 0.0527. The highest BCUT2D eigenvalue weighted by atomic mass is 32.1. The Hall–Kier alpha value is -1.14. The van der Waals surface area contributed by atoms with Crippen LogP contribution in [-0.4, -0.2) is 24.2 Å². The van der Waals surface area contributed by atoms with Crippen molar-refractivity contribution in [3.8, 4) is 0 Å². The molecule has 0 aromatic carbocycles. The van der Waals surface area contributed by atoms with E-state index in [1.54, 1.807) is 11.3 Å². The summed E-state index contributed by atoms with van der Waals surface area (Å²) in [5.74, 6) is -0.220. The Kier molecular flexibility index (Phi) is 13.2. The average molecular weight is 467 g/mol. The third-order valence-corrected chi connectivity index (χ3v) is 7.40. The van der Waals surface area contributed by atoms with Crippen LogP contribution in [-0.2, 0) is 17.6 Å². The molecule has 1 heterocycles. The predicted molar refractivity (Wildman–Crippen MR) is 138 cm³/mol. The van der Waals surface area contributed by atoms with Crippen LogP contribution in [0.5, 0.6) is 0 Å². The van der Waals surface area contributed by atoms with Gasteiger partial charge in [-0.25, -0.2) is 4.79 Å². The molecular formula is C25H42N2O2S2. The molecule has 1 aliphatic carbocycles. The number of thiocarbonyl (C=S) groups is 1. The number of carbonyl (C=O) groups is 1. The molecule has 1 aromatic heterocycles. The number of nitrogens with one attached hydrogen (secondary N) is 2. The number of rotatable bonds is 14. The Balaban J connectivity index is 1.71. The highest BCUT2D eigenvalue weighted by Gasteiger charge is 2.26. The van der Waals surface area contributed by atoms with E-state index in [9.17, 15) is 4.79 Å². The molecule has 0 radical (unpaired) electrons. The zero-order chi connectivity index (χ0) is 22.3. The second-order valence-corrected chi connectivity index (χ2v) is 10.1. The Bertz CT molecular complexity index is 673. The van der Waals surface area contributed by atoms with Crippen LogP contribution in [0.15, 0.2) is 0 Å². The Morgan fingerprint density at radius 1 is 0.935 bits per heavy atom. The van der Waals surface area contributed by atoms with Gasteiger partial charge >= 0.3 is 5.97 Å². The SMILES string of the molecule is CCCCCCCCCCCCNC(=S)Nc1sc2c(c1C(=O)OCC)CCCCC2. The number of thiophene rings is 1. The molecule has 1 aliphatic rings. The van der Waals surface area contributed by atoms with Crippen molar-refractivity contribution in [2.75, 3.05) is 18.5 Å². The van der Waals surface area contributed by atoms with Gasteiger partial charge in [0, 0.05) is 11.4 Å². The molecule has 0 saturated heterocycles. The normalized spacial score (nSPS) is 13.4. The molecule has 176 valence electrons. The van der Waals surface area contributed by atoms with Crippen molar-refractivity contribution in [1.82, 2.24) is 5.32 Å². The Labute approximate surface area is 198 Å². The number of carbonyl (C=O) groups excluding carboxylic acids is 1. The van der Waals surface area contributed by atoms with E-state index in [4.69, 9.17) is 17.0 Å². The minimum atomic E-state index is -0.220. The predicted octanol–water partition coefficient (Wildman–Crippen LogP) is 7.40. The number of fused-ring (bicyclic) bond motifs is 1. The molecule has 2 N–H and O–H groups in total. The number of hydrogen-bond donors (Lipinski definition) is 2. The highest BCUT2D eigenvalue weighted by molar-refractivity contribution is 7.80. The molecule has 0 fully saturated rings. The van der Waals surface area contributed by atoms with E-state index in [0.29, 0.717) is 17.3 Å². The number of hydrogen-bond acceptors (Lipinski definition) is 4. The summed E-state index contributed by atoms with van der Waals surface area (Å²) in [6.45, 7) is 5.39. The molecule has 0 unspecified atom stereocenters. The Morgan fingerprint density at radius 3 is 2.26 bits per heavy atom.